The Balaban J connectivity index is 2.64. The molecule has 2 atom stereocenters. The number of nitrogens with zero attached hydrogens (tertiary/aromatic N) is 2. The second-order valence-corrected chi connectivity index (χ2v) is 4.42. The molecule has 1 rings (SSSR count). The summed E-state index contributed by atoms with van der Waals surface area (Å²) in [5, 5.41) is 3.43. The number of aromatic nitrogens is 2. The van der Waals surface area contributed by atoms with Crippen LogP contribution in [-0.4, -0.2) is 30.2 Å². The van der Waals surface area contributed by atoms with Crippen molar-refractivity contribution in [1.29, 1.82) is 0 Å². The van der Waals surface area contributed by atoms with E-state index in [1.54, 1.807) is 19.5 Å². The summed E-state index contributed by atoms with van der Waals surface area (Å²) in [5.74, 6) is 1.48. The maximum absolute atomic E-state index is 5.25. The zero-order chi connectivity index (χ0) is 12.7. The highest BCUT2D eigenvalue weighted by atomic mass is 16.5. The van der Waals surface area contributed by atoms with Crippen LogP contribution in [0.15, 0.2) is 12.4 Å². The van der Waals surface area contributed by atoms with Gasteiger partial charge >= 0.3 is 0 Å². The number of ether oxygens (including phenoxy) is 1. The van der Waals surface area contributed by atoms with Crippen LogP contribution in [-0.2, 0) is 0 Å². The van der Waals surface area contributed by atoms with Crippen LogP contribution in [0.3, 0.4) is 0 Å². The molecule has 17 heavy (non-hydrogen) atoms. The van der Waals surface area contributed by atoms with Gasteiger partial charge in [-0.25, -0.2) is 4.98 Å². The van der Waals surface area contributed by atoms with E-state index in [1.807, 2.05) is 0 Å². The molecule has 0 radical (unpaired) electrons. The maximum Gasteiger partial charge on any atom is 0.235 e. The van der Waals surface area contributed by atoms with Gasteiger partial charge in [-0.05, 0) is 25.4 Å². The van der Waals surface area contributed by atoms with E-state index in [9.17, 15) is 0 Å². The Morgan fingerprint density at radius 1 is 1.29 bits per heavy atom. The quantitative estimate of drug-likeness (QED) is 0.739. The second-order valence-electron chi connectivity index (χ2n) is 4.42. The van der Waals surface area contributed by atoms with Crippen molar-refractivity contribution < 1.29 is 4.74 Å². The van der Waals surface area contributed by atoms with Crippen molar-refractivity contribution in [1.82, 2.24) is 15.3 Å². The summed E-state index contributed by atoms with van der Waals surface area (Å²) in [6, 6.07) is 0. The molecule has 1 aromatic rings. The summed E-state index contributed by atoms with van der Waals surface area (Å²) >= 11 is 0. The van der Waals surface area contributed by atoms with Crippen LogP contribution in [0, 0.1) is 5.92 Å². The van der Waals surface area contributed by atoms with Gasteiger partial charge in [0.2, 0.25) is 5.88 Å². The zero-order valence-corrected chi connectivity index (χ0v) is 11.2. The smallest absolute Gasteiger partial charge is 0.235 e. The van der Waals surface area contributed by atoms with Gasteiger partial charge in [-0.2, -0.15) is 0 Å². The Bertz CT molecular complexity index is 330. The van der Waals surface area contributed by atoms with Crippen LogP contribution < -0.4 is 10.1 Å². The molecule has 1 heterocycles. The van der Waals surface area contributed by atoms with Crippen molar-refractivity contribution in [3.63, 3.8) is 0 Å². The summed E-state index contributed by atoms with van der Waals surface area (Å²) in [5.41, 5.74) is 0.945. The highest BCUT2D eigenvalue weighted by Crippen LogP contribution is 2.27. The van der Waals surface area contributed by atoms with E-state index in [-0.39, 0.29) is 0 Å². The van der Waals surface area contributed by atoms with Gasteiger partial charge in [-0.3, -0.25) is 4.98 Å². The molecule has 0 aliphatic rings. The zero-order valence-electron chi connectivity index (χ0n) is 11.2. The predicted octanol–water partition coefficient (Wildman–Crippen LogP) is 2.22. The van der Waals surface area contributed by atoms with Crippen molar-refractivity contribution >= 4 is 0 Å². The topological polar surface area (TPSA) is 47.0 Å². The van der Waals surface area contributed by atoms with Crippen LogP contribution >= 0.6 is 0 Å². The molecule has 1 aromatic heterocycles. The fourth-order valence-electron chi connectivity index (χ4n) is 1.76. The first kappa shape index (κ1) is 13.9. The lowest BCUT2D eigenvalue weighted by Gasteiger charge is -2.20. The lowest BCUT2D eigenvalue weighted by Crippen LogP contribution is -2.25. The molecule has 0 saturated carbocycles. The van der Waals surface area contributed by atoms with Gasteiger partial charge in [-0.1, -0.05) is 20.8 Å². The first-order chi connectivity index (χ1) is 8.20. The molecule has 0 spiro atoms. The van der Waals surface area contributed by atoms with Crippen LogP contribution in [0.5, 0.6) is 5.88 Å². The second kappa shape index (κ2) is 7.22. The van der Waals surface area contributed by atoms with Gasteiger partial charge < -0.3 is 10.1 Å². The molecule has 0 aliphatic heterocycles. The minimum Gasteiger partial charge on any atom is -0.480 e. The van der Waals surface area contributed by atoms with E-state index in [1.165, 1.54) is 0 Å². The van der Waals surface area contributed by atoms with Crippen molar-refractivity contribution in [2.45, 2.75) is 33.1 Å². The minimum atomic E-state index is 0.336. The standard InChI is InChI=1S/C13H23N3O/c1-5-6-14-9-10(2)11(3)12-13(17-4)16-8-7-15-12/h7-8,10-11,14H,5-6,9H2,1-4H3. The fraction of sp³-hybridized carbons (Fsp3) is 0.692. The third-order valence-electron chi connectivity index (χ3n) is 3.06. The Hall–Kier alpha value is -1.16. The average Bonchev–Trinajstić information content (AvgIpc) is 2.38. The van der Waals surface area contributed by atoms with Gasteiger partial charge in [0, 0.05) is 18.3 Å². The number of nitrogens with one attached hydrogen (secondary N) is 1. The molecule has 96 valence electrons. The van der Waals surface area contributed by atoms with E-state index >= 15 is 0 Å². The summed E-state index contributed by atoms with van der Waals surface area (Å²) in [4.78, 5) is 8.58. The van der Waals surface area contributed by atoms with Crippen molar-refractivity contribution in [3.8, 4) is 5.88 Å². The number of hydrogen-bond donors (Lipinski definition) is 1. The Morgan fingerprint density at radius 2 is 2.00 bits per heavy atom. The molecule has 4 heteroatoms. The third-order valence-corrected chi connectivity index (χ3v) is 3.06. The highest BCUT2D eigenvalue weighted by molar-refractivity contribution is 5.21. The molecule has 0 aliphatic carbocycles. The normalized spacial score (nSPS) is 14.4. The van der Waals surface area contributed by atoms with Crippen molar-refractivity contribution in [3.05, 3.63) is 18.1 Å². The summed E-state index contributed by atoms with van der Waals surface area (Å²) in [6.07, 6.45) is 4.55. The van der Waals surface area contributed by atoms with Gasteiger partial charge in [0.15, 0.2) is 0 Å². The first-order valence-electron chi connectivity index (χ1n) is 6.26. The molecular formula is C13H23N3O. The van der Waals surface area contributed by atoms with Gasteiger partial charge in [0.05, 0.1) is 7.11 Å². The monoisotopic (exact) mass is 237 g/mol. The summed E-state index contributed by atoms with van der Waals surface area (Å²) < 4.78 is 5.25. The predicted molar refractivity (Wildman–Crippen MR) is 69.3 cm³/mol. The van der Waals surface area contributed by atoms with E-state index in [2.05, 4.69) is 36.1 Å². The number of rotatable bonds is 7. The summed E-state index contributed by atoms with van der Waals surface area (Å²) in [6.45, 7) is 8.63. The van der Waals surface area contributed by atoms with Crippen molar-refractivity contribution in [2.75, 3.05) is 20.2 Å². The molecular weight excluding hydrogens is 214 g/mol. The van der Waals surface area contributed by atoms with E-state index < -0.39 is 0 Å². The Kier molecular flexibility index (Phi) is 5.91. The highest BCUT2D eigenvalue weighted by Gasteiger charge is 2.19. The molecule has 2 unspecified atom stereocenters. The van der Waals surface area contributed by atoms with Gasteiger partial charge in [0.1, 0.15) is 5.69 Å². The SMILES string of the molecule is CCCNCC(C)C(C)c1nccnc1OC. The molecule has 0 saturated heterocycles. The Labute approximate surface area is 104 Å². The largest absolute Gasteiger partial charge is 0.480 e. The van der Waals surface area contributed by atoms with E-state index in [0.29, 0.717) is 17.7 Å². The Morgan fingerprint density at radius 3 is 2.65 bits per heavy atom. The van der Waals surface area contributed by atoms with E-state index in [0.717, 1.165) is 25.2 Å². The maximum atomic E-state index is 5.25. The lowest BCUT2D eigenvalue weighted by molar-refractivity contribution is 0.369. The van der Waals surface area contributed by atoms with Crippen molar-refractivity contribution in [2.24, 2.45) is 5.92 Å². The fourth-order valence-corrected chi connectivity index (χ4v) is 1.76. The lowest BCUT2D eigenvalue weighted by atomic mass is 9.92. The van der Waals surface area contributed by atoms with Crippen LogP contribution in [0.2, 0.25) is 0 Å². The first-order valence-corrected chi connectivity index (χ1v) is 6.26. The van der Waals surface area contributed by atoms with Crippen LogP contribution in [0.4, 0.5) is 0 Å². The van der Waals surface area contributed by atoms with Crippen LogP contribution in [0.1, 0.15) is 38.8 Å². The molecule has 1 N–H and O–H groups in total. The molecule has 0 aromatic carbocycles. The number of methoxy groups -OCH3 is 1. The molecule has 0 fully saturated rings. The third kappa shape index (κ3) is 3.97. The van der Waals surface area contributed by atoms with E-state index in [4.69, 9.17) is 4.74 Å². The van der Waals surface area contributed by atoms with Gasteiger partial charge in [0.25, 0.3) is 0 Å². The number of hydrogen-bond acceptors (Lipinski definition) is 4. The average molecular weight is 237 g/mol. The van der Waals surface area contributed by atoms with Gasteiger partial charge in [-0.15, -0.1) is 0 Å². The molecule has 4 nitrogen and oxygen atoms in total. The van der Waals surface area contributed by atoms with Crippen LogP contribution in [0.25, 0.3) is 0 Å². The molecule has 0 bridgehead atoms. The minimum absolute atomic E-state index is 0.336. The summed E-state index contributed by atoms with van der Waals surface area (Å²) in [7, 11) is 1.64. The molecule has 0 amide bonds.